The van der Waals surface area contributed by atoms with Crippen molar-refractivity contribution in [3.63, 3.8) is 0 Å². The Morgan fingerprint density at radius 2 is 2.05 bits per heavy atom. The second-order valence-electron chi connectivity index (χ2n) is 4.30. The van der Waals surface area contributed by atoms with Gasteiger partial charge in [0.05, 0.1) is 11.3 Å². The average Bonchev–Trinajstić information content (AvgIpc) is 2.97. The topological polar surface area (TPSA) is 109 Å². The normalized spacial score (nSPS) is 11.3. The van der Waals surface area contributed by atoms with E-state index in [9.17, 15) is 12.8 Å². The fraction of sp³-hybridized carbons (Fsp3) is 0. The quantitative estimate of drug-likeness (QED) is 0.791. The Morgan fingerprint density at radius 3 is 2.82 bits per heavy atom. The summed E-state index contributed by atoms with van der Waals surface area (Å²) < 4.78 is 44.7. The molecular weight excluding hydrogens is 311 g/mol. The van der Waals surface area contributed by atoms with Crippen LogP contribution in [0.1, 0.15) is 5.56 Å². The van der Waals surface area contributed by atoms with Crippen molar-refractivity contribution in [3.05, 3.63) is 47.8 Å². The lowest BCUT2D eigenvalue weighted by Gasteiger charge is -2.09. The summed E-state index contributed by atoms with van der Waals surface area (Å²) >= 11 is 0. The summed E-state index contributed by atoms with van der Waals surface area (Å²) in [5.74, 6) is -0.637. The molecule has 0 aliphatic heterocycles. The van der Waals surface area contributed by atoms with Crippen LogP contribution in [0.4, 0.5) is 10.1 Å². The van der Waals surface area contributed by atoms with Crippen LogP contribution in [0.25, 0.3) is 11.0 Å². The predicted molar refractivity (Wildman–Crippen MR) is 73.7 cm³/mol. The van der Waals surface area contributed by atoms with Crippen LogP contribution < -0.4 is 4.72 Å². The van der Waals surface area contributed by atoms with Gasteiger partial charge in [0.2, 0.25) is 0 Å². The second kappa shape index (κ2) is 5.09. The van der Waals surface area contributed by atoms with Gasteiger partial charge in [0.1, 0.15) is 22.3 Å². The van der Waals surface area contributed by atoms with Gasteiger partial charge >= 0.3 is 0 Å². The van der Waals surface area contributed by atoms with Crippen molar-refractivity contribution >= 4 is 26.7 Å². The largest absolute Gasteiger partial charge is 0.278 e. The number of benzene rings is 2. The number of hydrogen-bond acceptors (Lipinski definition) is 6. The van der Waals surface area contributed by atoms with Crippen LogP contribution in [0.2, 0.25) is 0 Å². The third-order valence-electron chi connectivity index (χ3n) is 2.88. The van der Waals surface area contributed by atoms with Crippen molar-refractivity contribution in [2.45, 2.75) is 4.90 Å². The van der Waals surface area contributed by atoms with Crippen LogP contribution in [-0.2, 0) is 10.0 Å². The van der Waals surface area contributed by atoms with E-state index in [0.717, 1.165) is 12.1 Å². The van der Waals surface area contributed by atoms with E-state index in [0.29, 0.717) is 0 Å². The third-order valence-corrected chi connectivity index (χ3v) is 4.28. The number of fused-ring (bicyclic) bond motifs is 1. The van der Waals surface area contributed by atoms with Crippen LogP contribution in [0.3, 0.4) is 0 Å². The van der Waals surface area contributed by atoms with E-state index in [1.54, 1.807) is 12.1 Å². The van der Waals surface area contributed by atoms with Crippen molar-refractivity contribution in [1.29, 1.82) is 5.26 Å². The molecule has 22 heavy (non-hydrogen) atoms. The molecule has 1 aromatic heterocycles. The van der Waals surface area contributed by atoms with Gasteiger partial charge in [0.15, 0.2) is 5.52 Å². The highest BCUT2D eigenvalue weighted by molar-refractivity contribution is 7.93. The highest BCUT2D eigenvalue weighted by Gasteiger charge is 2.21. The van der Waals surface area contributed by atoms with Crippen LogP contribution >= 0.6 is 0 Å². The lowest BCUT2D eigenvalue weighted by Crippen LogP contribution is -2.14. The first kappa shape index (κ1) is 14.0. The van der Waals surface area contributed by atoms with Gasteiger partial charge in [-0.2, -0.15) is 5.26 Å². The molecule has 3 rings (SSSR count). The highest BCUT2D eigenvalue weighted by Crippen LogP contribution is 2.24. The lowest BCUT2D eigenvalue weighted by atomic mass is 10.2. The van der Waals surface area contributed by atoms with Gasteiger partial charge in [-0.25, -0.2) is 17.4 Å². The van der Waals surface area contributed by atoms with E-state index >= 15 is 0 Å². The maximum atomic E-state index is 13.1. The molecule has 0 fully saturated rings. The maximum absolute atomic E-state index is 13.1. The molecule has 1 heterocycles. The van der Waals surface area contributed by atoms with Gasteiger partial charge in [0.25, 0.3) is 10.0 Å². The van der Waals surface area contributed by atoms with E-state index in [2.05, 4.69) is 19.7 Å². The third kappa shape index (κ3) is 2.36. The number of nitrogens with zero attached hydrogens (tertiary/aromatic N) is 3. The lowest BCUT2D eigenvalue weighted by molar-refractivity contribution is 0.315. The van der Waals surface area contributed by atoms with Crippen LogP contribution in [0, 0.1) is 17.1 Å². The molecule has 0 radical (unpaired) electrons. The van der Waals surface area contributed by atoms with E-state index in [1.165, 1.54) is 18.2 Å². The van der Waals surface area contributed by atoms with Gasteiger partial charge in [-0.3, -0.25) is 4.72 Å². The Balaban J connectivity index is 2.09. The van der Waals surface area contributed by atoms with E-state index in [4.69, 9.17) is 5.26 Å². The van der Waals surface area contributed by atoms with Crippen molar-refractivity contribution in [2.24, 2.45) is 0 Å². The van der Waals surface area contributed by atoms with Crippen molar-refractivity contribution in [1.82, 2.24) is 10.3 Å². The van der Waals surface area contributed by atoms with E-state index in [-0.39, 0.29) is 27.2 Å². The number of sulfonamides is 1. The summed E-state index contributed by atoms with van der Waals surface area (Å²) in [7, 11) is -4.04. The fourth-order valence-electron chi connectivity index (χ4n) is 1.90. The molecule has 0 saturated carbocycles. The number of aromatic nitrogens is 2. The Bertz CT molecular complexity index is 1010. The number of rotatable bonds is 3. The van der Waals surface area contributed by atoms with Gasteiger partial charge < -0.3 is 0 Å². The molecular formula is C13H7FN4O3S. The van der Waals surface area contributed by atoms with Gasteiger partial charge in [-0.1, -0.05) is 6.07 Å². The molecule has 0 unspecified atom stereocenters. The van der Waals surface area contributed by atoms with Crippen LogP contribution in [0.15, 0.2) is 45.9 Å². The fourth-order valence-corrected chi connectivity index (χ4v) is 3.13. The van der Waals surface area contributed by atoms with Crippen molar-refractivity contribution < 1.29 is 17.4 Å². The summed E-state index contributed by atoms with van der Waals surface area (Å²) in [6.07, 6.45) is 0. The van der Waals surface area contributed by atoms with Gasteiger partial charge in [-0.05, 0) is 40.6 Å². The number of halogens is 1. The zero-order valence-electron chi connectivity index (χ0n) is 10.8. The predicted octanol–water partition coefficient (Wildman–Crippen LogP) is 2.03. The molecule has 0 aliphatic carbocycles. The first-order valence-electron chi connectivity index (χ1n) is 5.95. The zero-order valence-corrected chi connectivity index (χ0v) is 11.6. The molecule has 3 aromatic rings. The maximum Gasteiger partial charge on any atom is 0.264 e. The van der Waals surface area contributed by atoms with Crippen LogP contribution in [-0.4, -0.2) is 18.7 Å². The molecule has 9 heteroatoms. The Labute approximate surface area is 124 Å². The van der Waals surface area contributed by atoms with Gasteiger partial charge in [0, 0.05) is 0 Å². The van der Waals surface area contributed by atoms with Crippen molar-refractivity contribution in [2.75, 3.05) is 4.72 Å². The summed E-state index contributed by atoms with van der Waals surface area (Å²) in [6.45, 7) is 0. The number of nitrogens with one attached hydrogen (secondary N) is 1. The molecule has 110 valence electrons. The Kier molecular flexibility index (Phi) is 3.23. The molecule has 7 nitrogen and oxygen atoms in total. The Morgan fingerprint density at radius 1 is 1.23 bits per heavy atom. The van der Waals surface area contributed by atoms with Crippen LogP contribution in [0.5, 0.6) is 0 Å². The molecule has 0 aliphatic rings. The SMILES string of the molecule is N#Cc1cc(F)ccc1NS(=O)(=O)c1cccc2nonc12. The molecule has 0 amide bonds. The second-order valence-corrected chi connectivity index (χ2v) is 5.95. The minimum absolute atomic E-state index is 0.0302. The first-order chi connectivity index (χ1) is 10.5. The molecule has 0 atom stereocenters. The standard InChI is InChI=1S/C13H7FN4O3S/c14-9-4-5-10(8(6-9)7-15)18-22(19,20)12-3-1-2-11-13(12)17-21-16-11/h1-6,18H. The summed E-state index contributed by atoms with van der Waals surface area (Å²) in [5, 5.41) is 16.1. The molecule has 0 bridgehead atoms. The minimum atomic E-state index is -4.04. The minimum Gasteiger partial charge on any atom is -0.278 e. The molecule has 0 saturated heterocycles. The Hall–Kier alpha value is -2.99. The number of nitriles is 1. The van der Waals surface area contributed by atoms with E-state index in [1.807, 2.05) is 0 Å². The molecule has 1 N–H and O–H groups in total. The first-order valence-corrected chi connectivity index (χ1v) is 7.43. The summed E-state index contributed by atoms with van der Waals surface area (Å²) in [4.78, 5) is -0.153. The summed E-state index contributed by atoms with van der Waals surface area (Å²) in [5.41, 5.74) is 0.185. The molecule has 2 aromatic carbocycles. The van der Waals surface area contributed by atoms with E-state index < -0.39 is 15.8 Å². The highest BCUT2D eigenvalue weighted by atomic mass is 32.2. The number of anilines is 1. The smallest absolute Gasteiger partial charge is 0.264 e. The molecule has 0 spiro atoms. The zero-order chi connectivity index (χ0) is 15.7. The van der Waals surface area contributed by atoms with Gasteiger partial charge in [-0.15, -0.1) is 0 Å². The summed E-state index contributed by atoms with van der Waals surface area (Å²) in [6, 6.07) is 9.25. The number of hydrogen-bond donors (Lipinski definition) is 1. The average molecular weight is 318 g/mol. The van der Waals surface area contributed by atoms with Crippen molar-refractivity contribution in [3.8, 4) is 6.07 Å². The monoisotopic (exact) mass is 318 g/mol.